The van der Waals surface area contributed by atoms with Crippen LogP contribution < -0.4 is 14.7 Å². The summed E-state index contributed by atoms with van der Waals surface area (Å²) >= 11 is 0. The Morgan fingerprint density at radius 3 is 1.00 bits per heavy atom. The number of rotatable bonds is 0. The molecule has 0 saturated carbocycles. The minimum atomic E-state index is -3.37. The minimum Gasteiger partial charge on any atom is -0.854 e. The quantitative estimate of drug-likeness (QED) is 0.447. The zero-order valence-corrected chi connectivity index (χ0v) is 5.66. The molecule has 5 heavy (non-hydrogen) atoms. The van der Waals surface area contributed by atoms with Gasteiger partial charge in [-0.1, -0.05) is 0 Å². The Hall–Kier alpha value is 0.972. The predicted octanol–water partition coefficient (Wildman–Crippen LogP) is -2.71. The van der Waals surface area contributed by atoms with Gasteiger partial charge in [0.2, 0.25) is 0 Å². The summed E-state index contributed by atoms with van der Waals surface area (Å²) in [6, 6.07) is 0. The predicted molar refractivity (Wildman–Crippen MR) is 6.92 cm³/mol. The van der Waals surface area contributed by atoms with Crippen LogP contribution in [0.15, 0.2) is 0 Å². The van der Waals surface area contributed by atoms with Crippen molar-refractivity contribution in [3.63, 3.8) is 0 Å². The van der Waals surface area contributed by atoms with Crippen LogP contribution in [0, 0.1) is 0 Å². The van der Waals surface area contributed by atoms with Crippen LogP contribution in [0.2, 0.25) is 0 Å². The second kappa shape index (κ2) is 4.97. The first-order valence-electron chi connectivity index (χ1n) is 0.548. The molecular formula is O3PRe. The van der Waals surface area contributed by atoms with Crippen molar-refractivity contribution in [2.45, 2.75) is 0 Å². The van der Waals surface area contributed by atoms with E-state index in [4.69, 9.17) is 14.7 Å². The van der Waals surface area contributed by atoms with Gasteiger partial charge < -0.3 is 23.3 Å². The molecule has 3 nitrogen and oxygen atoms in total. The van der Waals surface area contributed by atoms with Crippen molar-refractivity contribution in [2.75, 3.05) is 0 Å². The largest absolute Gasteiger partial charge is 3.00 e. The molecule has 0 aromatic rings. The van der Waals surface area contributed by atoms with Crippen LogP contribution in [0.3, 0.4) is 0 Å². The first-order valence-corrected chi connectivity index (χ1v) is 1.64. The van der Waals surface area contributed by atoms with Gasteiger partial charge in [0.1, 0.15) is 0 Å². The molecule has 0 aliphatic carbocycles. The van der Waals surface area contributed by atoms with Gasteiger partial charge in [0.15, 0.2) is 0 Å². The minimum absolute atomic E-state index is 0. The van der Waals surface area contributed by atoms with Crippen LogP contribution in [0.1, 0.15) is 0 Å². The third kappa shape index (κ3) is 46.5. The van der Waals surface area contributed by atoms with E-state index in [-0.39, 0.29) is 20.4 Å². The smallest absolute Gasteiger partial charge is 0.854 e. The Kier molecular flexibility index (Phi) is 9.31. The fourth-order valence-corrected chi connectivity index (χ4v) is 0. The van der Waals surface area contributed by atoms with Crippen LogP contribution in [0.4, 0.5) is 0 Å². The van der Waals surface area contributed by atoms with E-state index in [1.807, 2.05) is 0 Å². The molecule has 0 N–H and O–H groups in total. The Labute approximate surface area is 44.3 Å². The summed E-state index contributed by atoms with van der Waals surface area (Å²) in [5.41, 5.74) is 0. The van der Waals surface area contributed by atoms with Crippen molar-refractivity contribution in [3.8, 4) is 0 Å². The second-order valence-electron chi connectivity index (χ2n) is 0.224. The van der Waals surface area contributed by atoms with Gasteiger partial charge in [-0.25, -0.2) is 0 Å². The maximum atomic E-state index is 8.48. The third-order valence-electron chi connectivity index (χ3n) is 0. The maximum absolute atomic E-state index is 8.48. The van der Waals surface area contributed by atoms with Gasteiger partial charge in [-0.2, -0.15) is 0 Å². The Bertz CT molecular complexity index is 11.6. The summed E-state index contributed by atoms with van der Waals surface area (Å²) in [4.78, 5) is 25.4. The van der Waals surface area contributed by atoms with Crippen molar-refractivity contribution in [2.24, 2.45) is 0 Å². The molecule has 0 fully saturated rings. The fraction of sp³-hybridized carbons (Fsp3) is 0. The summed E-state index contributed by atoms with van der Waals surface area (Å²) in [5, 5.41) is 0. The van der Waals surface area contributed by atoms with E-state index < -0.39 is 8.60 Å². The van der Waals surface area contributed by atoms with E-state index in [1.54, 1.807) is 0 Å². The van der Waals surface area contributed by atoms with Crippen LogP contribution in [-0.4, -0.2) is 0 Å². The van der Waals surface area contributed by atoms with Gasteiger partial charge in [-0.3, -0.25) is 0 Å². The second-order valence-corrected chi connectivity index (χ2v) is 0.671. The average Bonchev–Trinajstić information content (AvgIpc) is 0.811. The van der Waals surface area contributed by atoms with Crippen molar-refractivity contribution in [3.05, 3.63) is 0 Å². The molecule has 0 bridgehead atoms. The van der Waals surface area contributed by atoms with Gasteiger partial charge in [0.05, 0.1) is 0 Å². The summed E-state index contributed by atoms with van der Waals surface area (Å²) in [7, 11) is -3.37. The van der Waals surface area contributed by atoms with E-state index in [1.165, 1.54) is 0 Å². The molecule has 0 radical (unpaired) electrons. The van der Waals surface area contributed by atoms with E-state index in [2.05, 4.69) is 0 Å². The van der Waals surface area contributed by atoms with Gasteiger partial charge >= 0.3 is 20.4 Å². The Morgan fingerprint density at radius 1 is 1.00 bits per heavy atom. The van der Waals surface area contributed by atoms with Crippen LogP contribution in [-0.2, 0) is 20.4 Å². The third-order valence-corrected chi connectivity index (χ3v) is 0. The molecule has 0 amide bonds. The molecular weight excluding hydrogens is 265 g/mol. The monoisotopic (exact) mass is 266 g/mol. The topological polar surface area (TPSA) is 69.2 Å². The first-order chi connectivity index (χ1) is 1.73. The van der Waals surface area contributed by atoms with Crippen molar-refractivity contribution in [1.82, 2.24) is 0 Å². The average molecular weight is 265 g/mol. The molecule has 0 rings (SSSR count). The van der Waals surface area contributed by atoms with Crippen LogP contribution in [0.25, 0.3) is 0 Å². The normalized spacial score (nSPS) is 7.20. The first kappa shape index (κ1) is 9.36. The molecule has 5 heteroatoms. The van der Waals surface area contributed by atoms with E-state index in [0.29, 0.717) is 0 Å². The molecule has 0 unspecified atom stereocenters. The van der Waals surface area contributed by atoms with Gasteiger partial charge in [0, 0.05) is 0 Å². The van der Waals surface area contributed by atoms with E-state index in [0.717, 1.165) is 0 Å². The van der Waals surface area contributed by atoms with Crippen molar-refractivity contribution < 1.29 is 35.1 Å². The molecule has 0 atom stereocenters. The zero-order chi connectivity index (χ0) is 3.58. The standard InChI is InChI=1S/O3P.Re/c1-4(2)3;/q-3;+3. The molecule has 0 aromatic heterocycles. The summed E-state index contributed by atoms with van der Waals surface area (Å²) in [6.07, 6.45) is 0. The van der Waals surface area contributed by atoms with Gasteiger partial charge in [-0.05, 0) is 0 Å². The van der Waals surface area contributed by atoms with Crippen molar-refractivity contribution >= 4 is 8.60 Å². The zero-order valence-electron chi connectivity index (χ0n) is 2.05. The summed E-state index contributed by atoms with van der Waals surface area (Å²) in [6.45, 7) is 0. The molecule has 0 aliphatic heterocycles. The number of hydrogen-bond acceptors (Lipinski definition) is 3. The van der Waals surface area contributed by atoms with Gasteiger partial charge in [0.25, 0.3) is 0 Å². The SMILES string of the molecule is [O-]P([O-])[O-].[Re+3]. The van der Waals surface area contributed by atoms with Crippen LogP contribution in [0.5, 0.6) is 0 Å². The molecule has 0 heterocycles. The molecule has 0 saturated heterocycles. The molecule has 0 aliphatic rings. The summed E-state index contributed by atoms with van der Waals surface area (Å²) < 4.78 is 0. The molecule has 0 aromatic carbocycles. The van der Waals surface area contributed by atoms with E-state index in [9.17, 15) is 0 Å². The maximum Gasteiger partial charge on any atom is 3.00 e. The van der Waals surface area contributed by atoms with Crippen LogP contribution >= 0.6 is 8.60 Å². The van der Waals surface area contributed by atoms with Gasteiger partial charge in [-0.15, -0.1) is 0 Å². The Balaban J connectivity index is 0. The van der Waals surface area contributed by atoms with E-state index >= 15 is 0 Å². The summed E-state index contributed by atoms with van der Waals surface area (Å²) in [5.74, 6) is 0. The molecule has 0 spiro atoms. The van der Waals surface area contributed by atoms with Crippen molar-refractivity contribution in [1.29, 1.82) is 0 Å². The Morgan fingerprint density at radius 2 is 1.00 bits per heavy atom. The molecule has 30 valence electrons. The number of hydrogen-bond donors (Lipinski definition) is 0. The fourth-order valence-electron chi connectivity index (χ4n) is 0.